The Balaban J connectivity index is 1.65. The van der Waals surface area contributed by atoms with E-state index >= 15 is 0 Å². The first-order valence-corrected chi connectivity index (χ1v) is 8.10. The first-order valence-electron chi connectivity index (χ1n) is 8.10. The summed E-state index contributed by atoms with van der Waals surface area (Å²) in [6.07, 6.45) is 6.11. The maximum absolute atomic E-state index is 9.44. The summed E-state index contributed by atoms with van der Waals surface area (Å²) in [5, 5.41) is 9.44. The van der Waals surface area contributed by atoms with Gasteiger partial charge >= 0.3 is 0 Å². The molecule has 0 saturated heterocycles. The lowest BCUT2D eigenvalue weighted by Crippen LogP contribution is -2.09. The van der Waals surface area contributed by atoms with Gasteiger partial charge in [-0.3, -0.25) is 0 Å². The molecule has 4 heteroatoms. The number of benzene rings is 1. The number of aliphatic hydroxyl groups excluding tert-OH is 1. The van der Waals surface area contributed by atoms with Crippen LogP contribution in [0.15, 0.2) is 41.9 Å². The third-order valence-electron chi connectivity index (χ3n) is 3.89. The largest absolute Gasteiger partial charge is 0.512 e. The number of unbranched alkanes of at least 4 members (excludes halogenated alkanes) is 1. The molecule has 0 amide bonds. The lowest BCUT2D eigenvalue weighted by atomic mass is 9.99. The summed E-state index contributed by atoms with van der Waals surface area (Å²) in [5.41, 5.74) is 1.08. The van der Waals surface area contributed by atoms with Crippen molar-refractivity contribution in [1.82, 2.24) is 0 Å². The molecule has 4 nitrogen and oxygen atoms in total. The molecule has 0 fully saturated rings. The van der Waals surface area contributed by atoms with Gasteiger partial charge in [0, 0.05) is 12.3 Å². The van der Waals surface area contributed by atoms with E-state index in [2.05, 4.69) is 6.92 Å². The molecule has 0 aliphatic heterocycles. The van der Waals surface area contributed by atoms with Crippen LogP contribution >= 0.6 is 0 Å². The van der Waals surface area contributed by atoms with Crippen LogP contribution in [0, 0.1) is 12.8 Å². The SMILES string of the molecule is COc1ccc(OCCCCOC2=CC=C(O)CC2C)c(C)c1. The van der Waals surface area contributed by atoms with Crippen molar-refractivity contribution < 1.29 is 19.3 Å². The first-order chi connectivity index (χ1) is 11.1. The van der Waals surface area contributed by atoms with Crippen LogP contribution in [0.2, 0.25) is 0 Å². The van der Waals surface area contributed by atoms with Crippen LogP contribution in [0.3, 0.4) is 0 Å². The topological polar surface area (TPSA) is 47.9 Å². The fourth-order valence-corrected chi connectivity index (χ4v) is 2.50. The molecule has 126 valence electrons. The Morgan fingerprint density at radius 1 is 1.13 bits per heavy atom. The van der Waals surface area contributed by atoms with Gasteiger partial charge in [0.2, 0.25) is 0 Å². The molecule has 2 rings (SSSR count). The smallest absolute Gasteiger partial charge is 0.122 e. The summed E-state index contributed by atoms with van der Waals surface area (Å²) in [6.45, 7) is 5.42. The minimum absolute atomic E-state index is 0.248. The van der Waals surface area contributed by atoms with Crippen LogP contribution in [0.1, 0.15) is 31.7 Å². The van der Waals surface area contributed by atoms with Crippen LogP contribution < -0.4 is 9.47 Å². The summed E-state index contributed by atoms with van der Waals surface area (Å²) in [7, 11) is 1.66. The van der Waals surface area contributed by atoms with E-state index in [9.17, 15) is 5.11 Å². The Hall–Kier alpha value is -2.10. The van der Waals surface area contributed by atoms with Crippen molar-refractivity contribution in [2.45, 2.75) is 33.1 Å². The third kappa shape index (κ3) is 5.23. The molecule has 1 aromatic carbocycles. The van der Waals surface area contributed by atoms with E-state index in [0.29, 0.717) is 25.4 Å². The molecule has 1 aliphatic carbocycles. The molecule has 0 bridgehead atoms. The van der Waals surface area contributed by atoms with Crippen LogP contribution in [-0.4, -0.2) is 25.4 Å². The van der Waals surface area contributed by atoms with Crippen LogP contribution in [0.25, 0.3) is 0 Å². The molecule has 0 spiro atoms. The lowest BCUT2D eigenvalue weighted by molar-refractivity contribution is 0.162. The predicted octanol–water partition coefficient (Wildman–Crippen LogP) is 4.54. The summed E-state index contributed by atoms with van der Waals surface area (Å²) < 4.78 is 16.8. The van der Waals surface area contributed by atoms with E-state index in [4.69, 9.17) is 14.2 Å². The van der Waals surface area contributed by atoms with E-state index in [-0.39, 0.29) is 5.92 Å². The highest BCUT2D eigenvalue weighted by Gasteiger charge is 2.15. The van der Waals surface area contributed by atoms with Crippen molar-refractivity contribution >= 4 is 0 Å². The normalized spacial score (nSPS) is 17.3. The highest BCUT2D eigenvalue weighted by Crippen LogP contribution is 2.25. The van der Waals surface area contributed by atoms with Gasteiger partial charge in [-0.2, -0.15) is 0 Å². The molecule has 1 atom stereocenters. The number of methoxy groups -OCH3 is 1. The Bertz CT molecular complexity index is 575. The summed E-state index contributed by atoms with van der Waals surface area (Å²) in [6, 6.07) is 5.82. The van der Waals surface area contributed by atoms with Crippen molar-refractivity contribution in [2.24, 2.45) is 5.92 Å². The molecule has 1 aromatic rings. The summed E-state index contributed by atoms with van der Waals surface area (Å²) in [5.74, 6) is 3.37. The maximum atomic E-state index is 9.44. The number of hydrogen-bond acceptors (Lipinski definition) is 4. The Morgan fingerprint density at radius 2 is 1.87 bits per heavy atom. The van der Waals surface area contributed by atoms with Crippen molar-refractivity contribution in [2.75, 3.05) is 20.3 Å². The molecule has 0 heterocycles. The fourth-order valence-electron chi connectivity index (χ4n) is 2.50. The molecule has 23 heavy (non-hydrogen) atoms. The number of ether oxygens (including phenoxy) is 3. The van der Waals surface area contributed by atoms with Gasteiger partial charge in [-0.15, -0.1) is 0 Å². The zero-order valence-corrected chi connectivity index (χ0v) is 14.2. The summed E-state index contributed by atoms with van der Waals surface area (Å²) >= 11 is 0. The van der Waals surface area contributed by atoms with Crippen LogP contribution in [-0.2, 0) is 4.74 Å². The molecular weight excluding hydrogens is 292 g/mol. The van der Waals surface area contributed by atoms with Gasteiger partial charge in [0.25, 0.3) is 0 Å². The summed E-state index contributed by atoms with van der Waals surface area (Å²) in [4.78, 5) is 0. The standard InChI is InChI=1S/C19H26O4/c1-14-12-16(20)6-8-18(14)22-10-4-5-11-23-19-9-7-17(21-3)13-15(19)2/h6-9,13-14,20H,4-5,10-12H2,1-3H3. The number of hydrogen-bond donors (Lipinski definition) is 1. The average Bonchev–Trinajstić information content (AvgIpc) is 2.53. The Morgan fingerprint density at radius 3 is 2.52 bits per heavy atom. The van der Waals surface area contributed by atoms with Crippen molar-refractivity contribution in [3.05, 3.63) is 47.4 Å². The van der Waals surface area contributed by atoms with Crippen LogP contribution in [0.5, 0.6) is 11.5 Å². The lowest BCUT2D eigenvalue weighted by Gasteiger charge is -2.19. The average molecular weight is 318 g/mol. The molecule has 1 N–H and O–H groups in total. The molecule has 0 radical (unpaired) electrons. The minimum atomic E-state index is 0.248. The highest BCUT2D eigenvalue weighted by molar-refractivity contribution is 5.39. The van der Waals surface area contributed by atoms with E-state index in [1.165, 1.54) is 0 Å². The maximum Gasteiger partial charge on any atom is 0.122 e. The molecule has 0 saturated carbocycles. The quantitative estimate of drug-likeness (QED) is 0.715. The second-order valence-corrected chi connectivity index (χ2v) is 5.87. The van der Waals surface area contributed by atoms with Crippen molar-refractivity contribution in [3.63, 3.8) is 0 Å². The van der Waals surface area contributed by atoms with Crippen LogP contribution in [0.4, 0.5) is 0 Å². The second kappa shape index (κ2) is 8.51. The zero-order valence-electron chi connectivity index (χ0n) is 14.2. The van der Waals surface area contributed by atoms with E-state index in [1.54, 1.807) is 13.2 Å². The van der Waals surface area contributed by atoms with E-state index < -0.39 is 0 Å². The second-order valence-electron chi connectivity index (χ2n) is 5.87. The van der Waals surface area contributed by atoms with Crippen molar-refractivity contribution in [3.8, 4) is 11.5 Å². The number of aryl methyl sites for hydroxylation is 1. The van der Waals surface area contributed by atoms with Gasteiger partial charge in [0.15, 0.2) is 0 Å². The van der Waals surface area contributed by atoms with Crippen molar-refractivity contribution in [1.29, 1.82) is 0 Å². The van der Waals surface area contributed by atoms with Gasteiger partial charge in [-0.25, -0.2) is 0 Å². The van der Waals surface area contributed by atoms with E-state index in [0.717, 1.165) is 35.7 Å². The number of rotatable bonds is 8. The molecule has 0 aromatic heterocycles. The van der Waals surface area contributed by atoms with Gasteiger partial charge in [-0.05, 0) is 55.7 Å². The Labute approximate surface area is 138 Å². The number of allylic oxidation sites excluding steroid dienone is 4. The monoisotopic (exact) mass is 318 g/mol. The van der Waals surface area contributed by atoms with Gasteiger partial charge in [-0.1, -0.05) is 6.92 Å². The number of aliphatic hydroxyl groups is 1. The minimum Gasteiger partial charge on any atom is -0.512 e. The molecule has 1 unspecified atom stereocenters. The predicted molar refractivity (Wildman–Crippen MR) is 91.0 cm³/mol. The molecular formula is C19H26O4. The van der Waals surface area contributed by atoms with E-state index in [1.807, 2.05) is 31.2 Å². The Kier molecular flexibility index (Phi) is 6.39. The zero-order chi connectivity index (χ0) is 16.7. The highest BCUT2D eigenvalue weighted by atomic mass is 16.5. The van der Waals surface area contributed by atoms with Gasteiger partial charge < -0.3 is 19.3 Å². The first kappa shape index (κ1) is 17.3. The third-order valence-corrected chi connectivity index (χ3v) is 3.89. The molecule has 1 aliphatic rings. The van der Waals surface area contributed by atoms with Gasteiger partial charge in [0.1, 0.15) is 11.5 Å². The fraction of sp³-hybridized carbons (Fsp3) is 0.474. The van der Waals surface area contributed by atoms with Gasteiger partial charge in [0.05, 0.1) is 31.8 Å².